The van der Waals surface area contributed by atoms with Crippen molar-refractivity contribution in [2.75, 3.05) is 11.6 Å². The highest BCUT2D eigenvalue weighted by Crippen LogP contribution is 2.39. The first kappa shape index (κ1) is 21.1. The molecular formula is C19H16Cl3N5O2S. The summed E-state index contributed by atoms with van der Waals surface area (Å²) in [5, 5.41) is 8.01. The number of nitrogens with zero attached hydrogens (tertiary/aromatic N) is 3. The molecule has 0 aliphatic carbocycles. The van der Waals surface area contributed by atoms with Crippen LogP contribution in [0.3, 0.4) is 0 Å². The largest absolute Gasteiger partial charge is 0.335 e. The molecular weight excluding hydrogens is 469 g/mol. The summed E-state index contributed by atoms with van der Waals surface area (Å²) >= 11 is 18.5. The maximum atomic E-state index is 12.4. The summed E-state index contributed by atoms with van der Waals surface area (Å²) in [5.41, 5.74) is 2.30. The predicted octanol–water partition coefficient (Wildman–Crippen LogP) is 4.66. The molecule has 30 heavy (non-hydrogen) atoms. The van der Waals surface area contributed by atoms with Crippen LogP contribution in [-0.2, 0) is 10.0 Å². The van der Waals surface area contributed by atoms with Crippen molar-refractivity contribution in [1.82, 2.24) is 14.7 Å². The second-order valence-corrected chi connectivity index (χ2v) is 9.63. The molecule has 7 nitrogen and oxygen atoms in total. The number of sulfonamides is 1. The minimum Gasteiger partial charge on any atom is -0.335 e. The van der Waals surface area contributed by atoms with Gasteiger partial charge in [0.25, 0.3) is 10.0 Å². The van der Waals surface area contributed by atoms with E-state index in [2.05, 4.69) is 19.8 Å². The minimum absolute atomic E-state index is 0.00653. The highest BCUT2D eigenvalue weighted by Gasteiger charge is 2.31. The minimum atomic E-state index is -3.72. The summed E-state index contributed by atoms with van der Waals surface area (Å²) in [7, 11) is -3.72. The van der Waals surface area contributed by atoms with Crippen LogP contribution in [-0.4, -0.2) is 30.6 Å². The second kappa shape index (κ2) is 8.56. The lowest BCUT2D eigenvalue weighted by molar-refractivity contribution is 0.583. The summed E-state index contributed by atoms with van der Waals surface area (Å²) < 4.78 is 27.3. The molecule has 2 N–H and O–H groups in total. The quantitative estimate of drug-likeness (QED) is 0.532. The zero-order chi connectivity index (χ0) is 21.3. The number of nitrogens with one attached hydrogen (secondary N) is 2. The lowest BCUT2D eigenvalue weighted by atomic mass is 10.0. The fourth-order valence-corrected chi connectivity index (χ4v) is 4.70. The SMILES string of the molecule is O=S(=O)(NCC1=NN(c2ccc(Cl)cc2Cl)C(c2ccc(Cl)cc2)C1)c1cnc[nH]1. The van der Waals surface area contributed by atoms with E-state index in [9.17, 15) is 8.42 Å². The van der Waals surface area contributed by atoms with Crippen molar-refractivity contribution in [2.24, 2.45) is 5.10 Å². The average Bonchev–Trinajstić information content (AvgIpc) is 3.38. The molecule has 0 radical (unpaired) electrons. The molecule has 156 valence electrons. The van der Waals surface area contributed by atoms with Gasteiger partial charge in [-0.1, -0.05) is 46.9 Å². The number of halogens is 3. The van der Waals surface area contributed by atoms with E-state index in [-0.39, 0.29) is 17.6 Å². The van der Waals surface area contributed by atoms with Crippen LogP contribution >= 0.6 is 34.8 Å². The van der Waals surface area contributed by atoms with Crippen LogP contribution in [0.25, 0.3) is 0 Å². The molecule has 4 rings (SSSR count). The van der Waals surface area contributed by atoms with Crippen LogP contribution in [0.2, 0.25) is 15.1 Å². The van der Waals surface area contributed by atoms with Gasteiger partial charge in [-0.2, -0.15) is 5.10 Å². The van der Waals surface area contributed by atoms with Crippen LogP contribution in [0.4, 0.5) is 5.69 Å². The zero-order valence-corrected chi connectivity index (χ0v) is 18.5. The van der Waals surface area contributed by atoms with Gasteiger partial charge in [0, 0.05) is 16.5 Å². The van der Waals surface area contributed by atoms with Gasteiger partial charge in [0.1, 0.15) is 0 Å². The fourth-order valence-electron chi connectivity index (χ4n) is 3.16. The number of hydrazone groups is 1. The van der Waals surface area contributed by atoms with Gasteiger partial charge in [-0.05, 0) is 35.9 Å². The van der Waals surface area contributed by atoms with Gasteiger partial charge in [0.2, 0.25) is 0 Å². The average molecular weight is 485 g/mol. The Labute approximate surface area is 188 Å². The first-order valence-electron chi connectivity index (χ1n) is 8.87. The standard InChI is InChI=1S/C19H16Cl3N5O2S/c20-13-3-1-12(2-4-13)18-8-15(9-25-30(28,29)19-10-23-11-24-19)26-27(18)17-6-5-14(21)7-16(17)22/h1-7,10-11,18,25H,8-9H2,(H,23,24). The van der Waals surface area contributed by atoms with E-state index in [4.69, 9.17) is 34.8 Å². The number of aromatic amines is 1. The Bertz CT molecular complexity index is 1180. The van der Waals surface area contributed by atoms with Crippen molar-refractivity contribution in [3.8, 4) is 0 Å². The summed E-state index contributed by atoms with van der Waals surface area (Å²) in [5.74, 6) is 0. The lowest BCUT2D eigenvalue weighted by Gasteiger charge is -2.25. The third kappa shape index (κ3) is 4.48. The molecule has 0 spiro atoms. The van der Waals surface area contributed by atoms with Gasteiger partial charge >= 0.3 is 0 Å². The normalized spacial score (nSPS) is 16.7. The maximum absolute atomic E-state index is 12.4. The van der Waals surface area contributed by atoms with Gasteiger partial charge in [0.05, 0.1) is 41.5 Å². The van der Waals surface area contributed by atoms with E-state index in [0.29, 0.717) is 32.9 Å². The van der Waals surface area contributed by atoms with E-state index in [1.54, 1.807) is 35.3 Å². The summed E-state index contributed by atoms with van der Waals surface area (Å²) in [6, 6.07) is 12.4. The number of benzene rings is 2. The Kier molecular flexibility index (Phi) is 6.04. The highest BCUT2D eigenvalue weighted by atomic mass is 35.5. The second-order valence-electron chi connectivity index (χ2n) is 6.62. The van der Waals surface area contributed by atoms with Crippen molar-refractivity contribution in [2.45, 2.75) is 17.5 Å². The summed E-state index contributed by atoms with van der Waals surface area (Å²) in [4.78, 5) is 6.33. The molecule has 2 aromatic carbocycles. The van der Waals surface area contributed by atoms with Gasteiger partial charge in [-0.3, -0.25) is 5.01 Å². The van der Waals surface area contributed by atoms with Crippen LogP contribution in [0.1, 0.15) is 18.0 Å². The van der Waals surface area contributed by atoms with Gasteiger partial charge < -0.3 is 4.98 Å². The molecule has 0 saturated carbocycles. The predicted molar refractivity (Wildman–Crippen MR) is 119 cm³/mol. The number of hydrogen-bond acceptors (Lipinski definition) is 5. The van der Waals surface area contributed by atoms with Crippen molar-refractivity contribution in [3.05, 3.63) is 75.6 Å². The molecule has 1 atom stereocenters. The fraction of sp³-hybridized carbons (Fsp3) is 0.158. The first-order valence-corrected chi connectivity index (χ1v) is 11.5. The number of imidazole rings is 1. The molecule has 1 aliphatic heterocycles. The lowest BCUT2D eigenvalue weighted by Crippen LogP contribution is -2.29. The van der Waals surface area contributed by atoms with E-state index in [0.717, 1.165) is 5.56 Å². The van der Waals surface area contributed by atoms with Crippen LogP contribution in [0.5, 0.6) is 0 Å². The number of anilines is 1. The molecule has 0 saturated heterocycles. The molecule has 0 amide bonds. The Hall–Kier alpha value is -2.10. The summed E-state index contributed by atoms with van der Waals surface area (Å²) in [6.45, 7) is 0.0488. The van der Waals surface area contributed by atoms with E-state index < -0.39 is 10.0 Å². The Morgan fingerprint density at radius 1 is 1.10 bits per heavy atom. The number of rotatable bonds is 6. The molecule has 1 aromatic heterocycles. The number of hydrogen-bond donors (Lipinski definition) is 2. The third-order valence-corrected chi connectivity index (χ3v) is 6.73. The van der Waals surface area contributed by atoms with E-state index in [1.807, 2.05) is 12.1 Å². The maximum Gasteiger partial charge on any atom is 0.257 e. The van der Waals surface area contributed by atoms with Crippen molar-refractivity contribution in [1.29, 1.82) is 0 Å². The van der Waals surface area contributed by atoms with Crippen LogP contribution < -0.4 is 9.73 Å². The topological polar surface area (TPSA) is 90.4 Å². The molecule has 1 aliphatic rings. The van der Waals surface area contributed by atoms with Gasteiger partial charge in [-0.25, -0.2) is 18.1 Å². The smallest absolute Gasteiger partial charge is 0.257 e. The van der Waals surface area contributed by atoms with Crippen LogP contribution in [0, 0.1) is 0 Å². The van der Waals surface area contributed by atoms with E-state index >= 15 is 0 Å². The van der Waals surface area contributed by atoms with Crippen molar-refractivity contribution in [3.63, 3.8) is 0 Å². The zero-order valence-electron chi connectivity index (χ0n) is 15.4. The number of H-pyrrole nitrogens is 1. The van der Waals surface area contributed by atoms with Crippen molar-refractivity contribution < 1.29 is 8.42 Å². The van der Waals surface area contributed by atoms with Crippen LogP contribution in [0.15, 0.2) is 65.1 Å². The van der Waals surface area contributed by atoms with Gasteiger partial charge in [0.15, 0.2) is 5.03 Å². The molecule has 0 bridgehead atoms. The number of aromatic nitrogens is 2. The van der Waals surface area contributed by atoms with Crippen molar-refractivity contribution >= 4 is 56.2 Å². The third-order valence-electron chi connectivity index (χ3n) is 4.61. The summed E-state index contributed by atoms with van der Waals surface area (Å²) in [6.07, 6.45) is 3.06. The Morgan fingerprint density at radius 3 is 2.50 bits per heavy atom. The molecule has 0 fully saturated rings. The first-order chi connectivity index (χ1) is 14.3. The monoisotopic (exact) mass is 483 g/mol. The van der Waals surface area contributed by atoms with Gasteiger partial charge in [-0.15, -0.1) is 0 Å². The molecule has 2 heterocycles. The molecule has 3 aromatic rings. The Morgan fingerprint density at radius 2 is 1.83 bits per heavy atom. The highest BCUT2D eigenvalue weighted by molar-refractivity contribution is 7.89. The molecule has 11 heteroatoms. The Balaban J connectivity index is 1.62. The molecule has 1 unspecified atom stereocenters. The van der Waals surface area contributed by atoms with E-state index in [1.165, 1.54) is 12.5 Å².